The van der Waals surface area contributed by atoms with Crippen LogP contribution in [0.2, 0.25) is 0 Å². The van der Waals surface area contributed by atoms with Crippen LogP contribution in [0.4, 0.5) is 0 Å². The van der Waals surface area contributed by atoms with E-state index < -0.39 is 0 Å². The third-order valence-corrected chi connectivity index (χ3v) is 1.75. The summed E-state index contributed by atoms with van der Waals surface area (Å²) in [6.45, 7) is 3.08. The van der Waals surface area contributed by atoms with E-state index in [2.05, 4.69) is 0 Å². The van der Waals surface area contributed by atoms with Crippen molar-refractivity contribution in [2.45, 2.75) is 0 Å². The maximum absolute atomic E-state index is 10.4. The van der Waals surface area contributed by atoms with Crippen molar-refractivity contribution in [3.63, 3.8) is 0 Å². The van der Waals surface area contributed by atoms with E-state index in [1.807, 2.05) is 7.05 Å². The number of carbonyl (C=O) groups excluding carboxylic acids is 1. The summed E-state index contributed by atoms with van der Waals surface area (Å²) in [4.78, 5) is 10.4. The van der Waals surface area contributed by atoms with E-state index in [0.29, 0.717) is 4.48 Å². The van der Waals surface area contributed by atoms with Gasteiger partial charge in [0.25, 0.3) is 0 Å². The zero-order valence-electron chi connectivity index (χ0n) is 5.67. The molecule has 0 radical (unpaired) electrons. The normalized spacial score (nSPS) is 25.4. The maximum Gasteiger partial charge on any atom is 0.301 e. The monoisotopic (exact) mass is 130 g/mol. The summed E-state index contributed by atoms with van der Waals surface area (Å²) in [5.74, 6) is 0. The second kappa shape index (κ2) is 2.45. The number of ether oxygens (including phenoxy) is 1. The van der Waals surface area contributed by atoms with Gasteiger partial charge in [-0.05, 0) is 0 Å². The van der Waals surface area contributed by atoms with Crippen LogP contribution in [0.5, 0.6) is 0 Å². The molecule has 3 heteroatoms. The zero-order valence-corrected chi connectivity index (χ0v) is 5.67. The first kappa shape index (κ1) is 6.71. The Bertz CT molecular complexity index is 108. The highest BCUT2D eigenvalue weighted by Gasteiger charge is 2.23. The lowest BCUT2D eigenvalue weighted by atomic mass is 10.4. The molecule has 1 aliphatic heterocycles. The quantitative estimate of drug-likeness (QED) is 0.357. The van der Waals surface area contributed by atoms with Crippen LogP contribution in [0.15, 0.2) is 0 Å². The molecule has 0 bridgehead atoms. The third kappa shape index (κ3) is 1.50. The summed E-state index contributed by atoms with van der Waals surface area (Å²) >= 11 is 0. The van der Waals surface area contributed by atoms with Crippen molar-refractivity contribution in [2.24, 2.45) is 0 Å². The van der Waals surface area contributed by atoms with E-state index in [1.165, 1.54) is 0 Å². The fourth-order valence-corrected chi connectivity index (χ4v) is 0.865. The van der Waals surface area contributed by atoms with Gasteiger partial charge in [-0.25, -0.2) is 4.79 Å². The topological polar surface area (TPSA) is 26.3 Å². The van der Waals surface area contributed by atoms with Crippen LogP contribution < -0.4 is 0 Å². The van der Waals surface area contributed by atoms with Gasteiger partial charge in [-0.15, -0.1) is 0 Å². The van der Waals surface area contributed by atoms with Gasteiger partial charge in [0.1, 0.15) is 13.1 Å². The molecule has 0 spiro atoms. The number of carbonyl (C=O) groups is 1. The molecule has 1 amide bonds. The number of hydrogen-bond acceptors (Lipinski definition) is 2. The molecule has 0 unspecified atom stereocenters. The van der Waals surface area contributed by atoms with Gasteiger partial charge in [0.2, 0.25) is 0 Å². The predicted octanol–water partition coefficient (Wildman–Crippen LogP) is -0.380. The van der Waals surface area contributed by atoms with Crippen LogP contribution in [-0.4, -0.2) is 44.2 Å². The fourth-order valence-electron chi connectivity index (χ4n) is 0.865. The molecule has 0 saturated carbocycles. The van der Waals surface area contributed by atoms with Crippen molar-refractivity contribution >= 4 is 6.41 Å². The van der Waals surface area contributed by atoms with Crippen molar-refractivity contribution in [1.29, 1.82) is 0 Å². The molecule has 1 saturated heterocycles. The largest absolute Gasteiger partial charge is 0.370 e. The number of nitrogens with zero attached hydrogens (tertiary/aromatic N) is 1. The van der Waals surface area contributed by atoms with Gasteiger partial charge in [0.15, 0.2) is 0 Å². The number of quaternary nitrogens is 1. The molecule has 0 N–H and O–H groups in total. The van der Waals surface area contributed by atoms with Gasteiger partial charge in [-0.1, -0.05) is 0 Å². The van der Waals surface area contributed by atoms with E-state index in [1.54, 1.807) is 0 Å². The molecule has 3 nitrogen and oxygen atoms in total. The Labute approximate surface area is 54.8 Å². The maximum atomic E-state index is 10.4. The molecular formula is C6H12NO2+. The Kier molecular flexibility index (Phi) is 1.83. The van der Waals surface area contributed by atoms with Gasteiger partial charge in [-0.2, -0.15) is 0 Å². The van der Waals surface area contributed by atoms with E-state index in [0.717, 1.165) is 32.7 Å². The molecule has 0 atom stereocenters. The lowest BCUT2D eigenvalue weighted by Gasteiger charge is -2.30. The Hall–Kier alpha value is -0.410. The van der Waals surface area contributed by atoms with Crippen molar-refractivity contribution in [3.8, 4) is 0 Å². The van der Waals surface area contributed by atoms with Gasteiger partial charge in [-0.3, -0.25) is 4.48 Å². The van der Waals surface area contributed by atoms with E-state index in [-0.39, 0.29) is 0 Å². The minimum atomic E-state index is 0.514. The minimum Gasteiger partial charge on any atom is -0.370 e. The van der Waals surface area contributed by atoms with Crippen LogP contribution >= 0.6 is 0 Å². The summed E-state index contributed by atoms with van der Waals surface area (Å²) in [6, 6.07) is 0. The average molecular weight is 130 g/mol. The fraction of sp³-hybridized carbons (Fsp3) is 0.833. The van der Waals surface area contributed by atoms with Crippen LogP contribution in [0, 0.1) is 0 Å². The SMILES string of the molecule is C[N+]1(C=O)CCOCC1. The van der Waals surface area contributed by atoms with Gasteiger partial charge < -0.3 is 4.74 Å². The molecule has 1 fully saturated rings. The molecule has 0 aromatic rings. The lowest BCUT2D eigenvalue weighted by molar-refractivity contribution is -0.834. The molecule has 0 aromatic heterocycles. The van der Waals surface area contributed by atoms with E-state index >= 15 is 0 Å². The first-order chi connectivity index (χ1) is 4.27. The Balaban J connectivity index is 2.46. The molecule has 1 aliphatic rings. The van der Waals surface area contributed by atoms with Gasteiger partial charge in [0, 0.05) is 0 Å². The Morgan fingerprint density at radius 1 is 1.44 bits per heavy atom. The third-order valence-electron chi connectivity index (χ3n) is 1.75. The Morgan fingerprint density at radius 3 is 2.33 bits per heavy atom. The van der Waals surface area contributed by atoms with Crippen molar-refractivity contribution < 1.29 is 14.0 Å². The molecule has 1 heterocycles. The van der Waals surface area contributed by atoms with Crippen LogP contribution in [-0.2, 0) is 9.53 Å². The summed E-state index contributed by atoms with van der Waals surface area (Å²) in [5, 5.41) is 0. The highest BCUT2D eigenvalue weighted by Crippen LogP contribution is 2.02. The van der Waals surface area contributed by atoms with Gasteiger partial charge in [0.05, 0.1) is 20.3 Å². The molecule has 52 valence electrons. The molecule has 1 rings (SSSR count). The minimum absolute atomic E-state index is 0.514. The smallest absolute Gasteiger partial charge is 0.301 e. The summed E-state index contributed by atoms with van der Waals surface area (Å²) in [7, 11) is 1.93. The standard InChI is InChI=1S/C6H12NO2/c1-7(6-8)2-4-9-5-3-7/h6H,2-5H2,1H3/q+1. The van der Waals surface area contributed by atoms with E-state index in [9.17, 15) is 4.79 Å². The van der Waals surface area contributed by atoms with Crippen molar-refractivity contribution in [1.82, 2.24) is 0 Å². The number of hydrogen-bond donors (Lipinski definition) is 0. The van der Waals surface area contributed by atoms with Crippen molar-refractivity contribution in [2.75, 3.05) is 33.4 Å². The lowest BCUT2D eigenvalue weighted by Crippen LogP contribution is -2.50. The number of rotatable bonds is 1. The zero-order chi connectivity index (χ0) is 6.74. The number of morpholine rings is 1. The highest BCUT2D eigenvalue weighted by molar-refractivity contribution is 5.37. The highest BCUT2D eigenvalue weighted by atomic mass is 16.5. The second-order valence-electron chi connectivity index (χ2n) is 2.64. The first-order valence-corrected chi connectivity index (χ1v) is 3.15. The Morgan fingerprint density at radius 2 is 2.00 bits per heavy atom. The summed E-state index contributed by atoms with van der Waals surface area (Å²) in [5.41, 5.74) is 0. The van der Waals surface area contributed by atoms with Gasteiger partial charge >= 0.3 is 6.41 Å². The van der Waals surface area contributed by atoms with Crippen LogP contribution in [0.3, 0.4) is 0 Å². The molecule has 9 heavy (non-hydrogen) atoms. The number of likely N-dealkylation sites (N-methyl/N-ethyl adjacent to an activating group) is 1. The molecular weight excluding hydrogens is 118 g/mol. The first-order valence-electron chi connectivity index (χ1n) is 3.15. The summed E-state index contributed by atoms with van der Waals surface area (Å²) < 4.78 is 5.61. The average Bonchev–Trinajstić information content (AvgIpc) is 1.90. The second-order valence-corrected chi connectivity index (χ2v) is 2.64. The van der Waals surface area contributed by atoms with Crippen molar-refractivity contribution in [3.05, 3.63) is 0 Å². The summed E-state index contributed by atoms with van der Waals surface area (Å²) in [6.07, 6.45) is 0.989. The molecule has 0 aromatic carbocycles. The van der Waals surface area contributed by atoms with Crippen LogP contribution in [0.25, 0.3) is 0 Å². The molecule has 0 aliphatic carbocycles. The number of amides is 1. The van der Waals surface area contributed by atoms with Crippen LogP contribution in [0.1, 0.15) is 0 Å². The predicted molar refractivity (Wildman–Crippen MR) is 32.8 cm³/mol. The van der Waals surface area contributed by atoms with E-state index in [4.69, 9.17) is 4.74 Å².